The highest BCUT2D eigenvalue weighted by Crippen LogP contribution is 2.25. The van der Waals surface area contributed by atoms with E-state index in [9.17, 15) is 0 Å². The van der Waals surface area contributed by atoms with Crippen molar-refractivity contribution >= 4 is 17.3 Å². The predicted molar refractivity (Wildman–Crippen MR) is 55.8 cm³/mol. The highest BCUT2D eigenvalue weighted by atomic mass is 35.5. The summed E-state index contributed by atoms with van der Waals surface area (Å²) in [6, 6.07) is 6.81. The van der Waals surface area contributed by atoms with Crippen LogP contribution < -0.4 is 4.74 Å². The lowest BCUT2D eigenvalue weighted by Gasteiger charge is -2.18. The van der Waals surface area contributed by atoms with Crippen LogP contribution in [0.25, 0.3) is 10.4 Å². The first-order valence-electron chi connectivity index (χ1n) is 4.04. The van der Waals surface area contributed by atoms with Gasteiger partial charge in [0, 0.05) is 10.6 Å². The molecular weight excluding hydrogens is 202 g/mol. The zero-order chi connectivity index (χ0) is 10.6. The average molecular weight is 212 g/mol. The van der Waals surface area contributed by atoms with Gasteiger partial charge in [-0.1, -0.05) is 28.8 Å². The van der Waals surface area contributed by atoms with Crippen molar-refractivity contribution in [3.63, 3.8) is 0 Å². The molecule has 0 heterocycles. The van der Waals surface area contributed by atoms with Crippen molar-refractivity contribution in [2.75, 3.05) is 0 Å². The van der Waals surface area contributed by atoms with Gasteiger partial charge in [0.05, 0.1) is 0 Å². The van der Waals surface area contributed by atoms with Gasteiger partial charge in [-0.15, -0.1) is 0 Å². The van der Waals surface area contributed by atoms with Crippen LogP contribution in [0.15, 0.2) is 29.4 Å². The van der Waals surface area contributed by atoms with E-state index in [-0.39, 0.29) is 0 Å². The van der Waals surface area contributed by atoms with E-state index >= 15 is 0 Å². The molecule has 4 nitrogen and oxygen atoms in total. The first kappa shape index (κ1) is 10.7. The van der Waals surface area contributed by atoms with Gasteiger partial charge in [0.15, 0.2) is 5.06 Å². The summed E-state index contributed by atoms with van der Waals surface area (Å²) < 4.78 is 5.37. The zero-order valence-corrected chi connectivity index (χ0v) is 8.69. The van der Waals surface area contributed by atoms with Gasteiger partial charge in [-0.05, 0) is 31.5 Å². The second kappa shape index (κ2) is 4.22. The van der Waals surface area contributed by atoms with Crippen molar-refractivity contribution in [1.82, 2.24) is 0 Å². The summed E-state index contributed by atoms with van der Waals surface area (Å²) >= 11 is 5.87. The Morgan fingerprint density at radius 1 is 1.50 bits per heavy atom. The van der Waals surface area contributed by atoms with Gasteiger partial charge in [-0.3, -0.25) is 0 Å². The third kappa shape index (κ3) is 3.56. The molecule has 1 aromatic carbocycles. The second-order valence-corrected chi connectivity index (χ2v) is 4.06. The Kier molecular flexibility index (Phi) is 3.23. The van der Waals surface area contributed by atoms with E-state index in [0.717, 1.165) is 0 Å². The fourth-order valence-electron chi connectivity index (χ4n) is 0.941. The minimum atomic E-state index is -0.769. The van der Waals surface area contributed by atoms with E-state index in [4.69, 9.17) is 21.9 Å². The molecule has 74 valence electrons. The largest absolute Gasteiger partial charge is 0.473 e. The van der Waals surface area contributed by atoms with Gasteiger partial charge < -0.3 is 4.74 Å². The number of halogens is 1. The minimum Gasteiger partial charge on any atom is -0.473 e. The molecule has 0 amide bonds. The fourth-order valence-corrected chi connectivity index (χ4v) is 1.03. The maximum absolute atomic E-state index is 8.23. The maximum atomic E-state index is 8.23. The van der Waals surface area contributed by atoms with E-state index in [1.165, 1.54) is 0 Å². The van der Waals surface area contributed by atoms with E-state index in [1.807, 2.05) is 0 Å². The number of alkyl halides is 1. The van der Waals surface area contributed by atoms with Crippen LogP contribution in [0.4, 0.5) is 5.69 Å². The Bertz CT molecular complexity index is 367. The smallest absolute Gasteiger partial charge is 0.176 e. The van der Waals surface area contributed by atoms with Gasteiger partial charge in [0.2, 0.25) is 0 Å². The van der Waals surface area contributed by atoms with Gasteiger partial charge in [0.1, 0.15) is 5.75 Å². The zero-order valence-electron chi connectivity index (χ0n) is 7.94. The molecule has 1 rings (SSSR count). The predicted octanol–water partition coefficient (Wildman–Crippen LogP) is 3.98. The lowest BCUT2D eigenvalue weighted by Crippen LogP contribution is -2.19. The second-order valence-electron chi connectivity index (χ2n) is 3.15. The van der Waals surface area contributed by atoms with Crippen molar-refractivity contribution < 1.29 is 4.74 Å². The number of azide groups is 1. The van der Waals surface area contributed by atoms with Crippen LogP contribution in [0.1, 0.15) is 13.8 Å². The summed E-state index contributed by atoms with van der Waals surface area (Å²) in [5.74, 6) is 0.579. The van der Waals surface area contributed by atoms with Crippen LogP contribution in [-0.2, 0) is 0 Å². The normalized spacial score (nSPS) is 10.5. The number of ether oxygens (including phenoxy) is 1. The Balaban J connectivity index is 2.89. The van der Waals surface area contributed by atoms with Crippen molar-refractivity contribution in [1.29, 1.82) is 0 Å². The van der Waals surface area contributed by atoms with Crippen LogP contribution in [0.5, 0.6) is 5.75 Å². The molecule has 14 heavy (non-hydrogen) atoms. The molecule has 0 saturated carbocycles. The van der Waals surface area contributed by atoms with Gasteiger partial charge in [-0.25, -0.2) is 0 Å². The number of hydrogen-bond donors (Lipinski definition) is 0. The van der Waals surface area contributed by atoms with E-state index < -0.39 is 5.06 Å². The average Bonchev–Trinajstić information content (AvgIpc) is 2.02. The molecule has 0 aliphatic carbocycles. The Labute approximate surface area is 87.1 Å². The molecule has 0 aliphatic heterocycles. The minimum absolute atomic E-state index is 0.505. The Morgan fingerprint density at radius 3 is 2.79 bits per heavy atom. The number of nitrogens with zero attached hydrogens (tertiary/aromatic N) is 3. The summed E-state index contributed by atoms with van der Waals surface area (Å²) in [7, 11) is 0. The summed E-state index contributed by atoms with van der Waals surface area (Å²) in [6.07, 6.45) is 0. The summed E-state index contributed by atoms with van der Waals surface area (Å²) in [6.45, 7) is 3.46. The summed E-state index contributed by atoms with van der Waals surface area (Å²) in [5, 5.41) is 2.69. The molecule has 0 saturated heterocycles. The molecule has 0 bridgehead atoms. The third-order valence-corrected chi connectivity index (χ3v) is 1.42. The molecule has 0 aromatic heterocycles. The highest BCUT2D eigenvalue weighted by molar-refractivity contribution is 6.22. The van der Waals surface area contributed by atoms with E-state index in [2.05, 4.69) is 10.0 Å². The quantitative estimate of drug-likeness (QED) is 0.323. The molecule has 0 radical (unpaired) electrons. The molecule has 5 heteroatoms. The van der Waals surface area contributed by atoms with Crippen molar-refractivity contribution in [2.45, 2.75) is 18.9 Å². The number of hydrogen-bond acceptors (Lipinski definition) is 2. The fraction of sp³-hybridized carbons (Fsp3) is 0.333. The molecule has 0 aliphatic rings. The highest BCUT2D eigenvalue weighted by Gasteiger charge is 2.14. The van der Waals surface area contributed by atoms with Crippen molar-refractivity contribution in [3.05, 3.63) is 34.7 Å². The van der Waals surface area contributed by atoms with E-state index in [1.54, 1.807) is 38.1 Å². The van der Waals surface area contributed by atoms with Crippen LogP contribution in [0.2, 0.25) is 0 Å². The van der Waals surface area contributed by atoms with E-state index in [0.29, 0.717) is 11.4 Å². The first-order valence-corrected chi connectivity index (χ1v) is 4.42. The number of benzene rings is 1. The molecule has 0 fully saturated rings. The lowest BCUT2D eigenvalue weighted by molar-refractivity contribution is 0.199. The lowest BCUT2D eigenvalue weighted by atomic mass is 10.3. The molecule has 0 N–H and O–H groups in total. The topological polar surface area (TPSA) is 58.0 Å². The molecule has 0 unspecified atom stereocenters. The Morgan fingerprint density at radius 2 is 2.21 bits per heavy atom. The maximum Gasteiger partial charge on any atom is 0.176 e. The van der Waals surface area contributed by atoms with Gasteiger partial charge in [-0.2, -0.15) is 0 Å². The molecule has 1 aromatic rings. The summed E-state index contributed by atoms with van der Waals surface area (Å²) in [5.41, 5.74) is 8.74. The molecular formula is C9H10ClN3O. The summed E-state index contributed by atoms with van der Waals surface area (Å²) in [4.78, 5) is 2.68. The molecule has 0 atom stereocenters. The SMILES string of the molecule is CC(C)(Cl)Oc1cccc(N=[N+]=[N-])c1. The van der Waals surface area contributed by atoms with Crippen LogP contribution in [0.3, 0.4) is 0 Å². The van der Waals surface area contributed by atoms with Gasteiger partial charge in [0.25, 0.3) is 0 Å². The van der Waals surface area contributed by atoms with Crippen LogP contribution in [0, 0.1) is 0 Å². The number of rotatable bonds is 3. The molecule has 0 spiro atoms. The monoisotopic (exact) mass is 211 g/mol. The van der Waals surface area contributed by atoms with Crippen LogP contribution >= 0.6 is 11.6 Å². The first-order chi connectivity index (χ1) is 6.51. The van der Waals surface area contributed by atoms with Crippen molar-refractivity contribution in [2.24, 2.45) is 5.11 Å². The third-order valence-electron chi connectivity index (χ3n) is 1.34. The Hall–Kier alpha value is -1.38. The van der Waals surface area contributed by atoms with Crippen molar-refractivity contribution in [3.8, 4) is 5.75 Å². The van der Waals surface area contributed by atoms with Crippen LogP contribution in [-0.4, -0.2) is 5.06 Å². The standard InChI is InChI=1S/C9H10ClN3O/c1-9(2,10)14-8-5-3-4-7(6-8)12-13-11/h3-6H,1-2H3. The van der Waals surface area contributed by atoms with Gasteiger partial charge >= 0.3 is 0 Å².